The Morgan fingerprint density at radius 2 is 2.00 bits per heavy atom. The lowest BCUT2D eigenvalue weighted by atomic mass is 10.0. The Morgan fingerprint density at radius 3 is 2.60 bits per heavy atom. The number of piperidine rings is 1. The van der Waals surface area contributed by atoms with E-state index in [4.69, 9.17) is 21.1 Å². The molecule has 8 heteroatoms. The van der Waals surface area contributed by atoms with Crippen molar-refractivity contribution >= 4 is 23.5 Å². The van der Waals surface area contributed by atoms with Crippen LogP contribution in [0, 0.1) is 0 Å². The molecular weight excluding hydrogens is 406 g/mol. The van der Waals surface area contributed by atoms with Crippen LogP contribution in [0.4, 0.5) is 0 Å². The number of rotatable bonds is 10. The summed E-state index contributed by atoms with van der Waals surface area (Å²) in [7, 11) is 5.34. The highest BCUT2D eigenvalue weighted by Crippen LogP contribution is 2.29. The normalized spacial score (nSPS) is 16.3. The quantitative estimate of drug-likeness (QED) is 0.565. The number of nitrogens with zero attached hydrogens (tertiary/aromatic N) is 2. The van der Waals surface area contributed by atoms with E-state index in [-0.39, 0.29) is 18.0 Å². The summed E-state index contributed by atoms with van der Waals surface area (Å²) in [4.78, 5) is 28.0. The number of esters is 1. The molecule has 30 heavy (non-hydrogen) atoms. The van der Waals surface area contributed by atoms with Crippen LogP contribution in [0.1, 0.15) is 43.0 Å². The minimum absolute atomic E-state index is 0.0892. The molecule has 1 aromatic rings. The highest BCUT2D eigenvalue weighted by molar-refractivity contribution is 6.32. The summed E-state index contributed by atoms with van der Waals surface area (Å²) in [5.74, 6) is 0.308. The van der Waals surface area contributed by atoms with E-state index in [1.165, 1.54) is 7.11 Å². The number of nitrogens with one attached hydrogen (secondary N) is 1. The Bertz CT molecular complexity index is 706. The van der Waals surface area contributed by atoms with Crippen LogP contribution in [0.25, 0.3) is 0 Å². The number of benzene rings is 1. The van der Waals surface area contributed by atoms with E-state index in [0.717, 1.165) is 38.9 Å². The van der Waals surface area contributed by atoms with Crippen molar-refractivity contribution in [2.75, 3.05) is 47.4 Å². The third-order valence-electron chi connectivity index (χ3n) is 5.43. The average Bonchev–Trinajstić information content (AvgIpc) is 2.73. The van der Waals surface area contributed by atoms with Crippen LogP contribution >= 0.6 is 11.6 Å². The van der Waals surface area contributed by atoms with Crippen molar-refractivity contribution in [1.82, 2.24) is 15.1 Å². The van der Waals surface area contributed by atoms with Gasteiger partial charge in [-0.25, -0.2) is 0 Å². The molecule has 1 atom stereocenters. The summed E-state index contributed by atoms with van der Waals surface area (Å²) in [5.41, 5.74) is 0.528. The predicted octanol–water partition coefficient (Wildman–Crippen LogP) is 2.82. The fourth-order valence-electron chi connectivity index (χ4n) is 3.46. The molecule has 1 saturated heterocycles. The number of halogens is 1. The van der Waals surface area contributed by atoms with Crippen LogP contribution < -0.4 is 10.1 Å². The predicted molar refractivity (Wildman–Crippen MR) is 118 cm³/mol. The first-order chi connectivity index (χ1) is 14.3. The highest BCUT2D eigenvalue weighted by atomic mass is 35.5. The SMILES string of the molecule is COC(=O)CCC(C)N1CCC(Oc2ccc(C(=O)NCCN(C)C)cc2Cl)CC1. The number of likely N-dealkylation sites (tertiary alicyclic amines) is 1. The molecule has 2 rings (SSSR count). The highest BCUT2D eigenvalue weighted by Gasteiger charge is 2.25. The standard InChI is InChI=1S/C22H34ClN3O4/c1-16(5-8-21(27)29-4)26-12-9-18(10-13-26)30-20-7-6-17(15-19(20)23)22(28)24-11-14-25(2)3/h6-7,15-16,18H,5,8-14H2,1-4H3,(H,24,28). The van der Waals surface area contributed by atoms with Crippen LogP contribution in [0.15, 0.2) is 18.2 Å². The molecule has 1 unspecified atom stereocenters. The van der Waals surface area contributed by atoms with Crippen molar-refractivity contribution in [3.8, 4) is 5.75 Å². The topological polar surface area (TPSA) is 71.1 Å². The monoisotopic (exact) mass is 439 g/mol. The average molecular weight is 440 g/mol. The molecule has 1 amide bonds. The molecule has 0 bridgehead atoms. The van der Waals surface area contributed by atoms with E-state index >= 15 is 0 Å². The minimum Gasteiger partial charge on any atom is -0.489 e. The van der Waals surface area contributed by atoms with E-state index in [2.05, 4.69) is 17.1 Å². The third-order valence-corrected chi connectivity index (χ3v) is 5.72. The number of carbonyl (C=O) groups is 2. The molecule has 0 aliphatic carbocycles. The fourth-order valence-corrected chi connectivity index (χ4v) is 3.68. The molecule has 0 radical (unpaired) electrons. The first-order valence-corrected chi connectivity index (χ1v) is 10.9. The van der Waals surface area contributed by atoms with Crippen molar-refractivity contribution in [3.05, 3.63) is 28.8 Å². The minimum atomic E-state index is -0.162. The van der Waals surface area contributed by atoms with Gasteiger partial charge in [0, 0.05) is 44.2 Å². The molecule has 1 heterocycles. The number of methoxy groups -OCH3 is 1. The van der Waals surface area contributed by atoms with Crippen molar-refractivity contribution in [2.24, 2.45) is 0 Å². The lowest BCUT2D eigenvalue weighted by molar-refractivity contribution is -0.141. The molecule has 1 N–H and O–H groups in total. The Hall–Kier alpha value is -1.83. The number of likely N-dealkylation sites (N-methyl/N-ethyl adjacent to an activating group) is 1. The summed E-state index contributed by atoms with van der Waals surface area (Å²) in [5, 5.41) is 3.33. The summed E-state index contributed by atoms with van der Waals surface area (Å²) in [6.45, 7) is 5.33. The maximum Gasteiger partial charge on any atom is 0.305 e. The van der Waals surface area contributed by atoms with E-state index in [0.29, 0.717) is 35.3 Å². The number of amides is 1. The van der Waals surface area contributed by atoms with Crippen LogP contribution in [0.5, 0.6) is 5.75 Å². The van der Waals surface area contributed by atoms with Crippen molar-refractivity contribution < 1.29 is 19.1 Å². The van der Waals surface area contributed by atoms with Gasteiger partial charge in [0.2, 0.25) is 0 Å². The number of hydrogen-bond donors (Lipinski definition) is 1. The van der Waals surface area contributed by atoms with Gasteiger partial charge in [-0.1, -0.05) is 11.6 Å². The van der Waals surface area contributed by atoms with Gasteiger partial charge < -0.3 is 24.6 Å². The van der Waals surface area contributed by atoms with Gasteiger partial charge in [0.15, 0.2) is 0 Å². The molecule has 1 aliphatic rings. The van der Waals surface area contributed by atoms with Crippen molar-refractivity contribution in [1.29, 1.82) is 0 Å². The van der Waals surface area contributed by atoms with Gasteiger partial charge in [0.05, 0.1) is 12.1 Å². The molecule has 0 spiro atoms. The van der Waals surface area contributed by atoms with Gasteiger partial charge in [-0.3, -0.25) is 9.59 Å². The summed E-state index contributed by atoms with van der Waals surface area (Å²) < 4.78 is 10.8. The zero-order valence-electron chi connectivity index (χ0n) is 18.4. The Kier molecular flexibility index (Phi) is 9.88. The largest absolute Gasteiger partial charge is 0.489 e. The first kappa shape index (κ1) is 24.4. The summed E-state index contributed by atoms with van der Waals surface area (Å²) in [6.07, 6.45) is 3.12. The molecule has 1 aromatic carbocycles. The van der Waals surface area contributed by atoms with Crippen LogP contribution in [-0.2, 0) is 9.53 Å². The zero-order valence-corrected chi connectivity index (χ0v) is 19.2. The smallest absolute Gasteiger partial charge is 0.305 e. The van der Waals surface area contributed by atoms with Crippen molar-refractivity contribution in [3.63, 3.8) is 0 Å². The number of ether oxygens (including phenoxy) is 2. The molecule has 0 saturated carbocycles. The first-order valence-electron chi connectivity index (χ1n) is 10.5. The van der Waals surface area contributed by atoms with E-state index in [1.54, 1.807) is 18.2 Å². The Balaban J connectivity index is 1.80. The fraction of sp³-hybridized carbons (Fsp3) is 0.636. The number of hydrogen-bond acceptors (Lipinski definition) is 6. The Labute approximate surface area is 184 Å². The summed E-state index contributed by atoms with van der Waals surface area (Å²) >= 11 is 6.37. The van der Waals surface area contributed by atoms with Gasteiger partial charge in [0.1, 0.15) is 11.9 Å². The van der Waals surface area contributed by atoms with Gasteiger partial charge in [-0.05, 0) is 58.5 Å². The van der Waals surface area contributed by atoms with Crippen molar-refractivity contribution in [2.45, 2.75) is 44.8 Å². The maximum absolute atomic E-state index is 12.2. The second-order valence-corrected chi connectivity index (χ2v) is 8.43. The van der Waals surface area contributed by atoms with E-state index in [9.17, 15) is 9.59 Å². The molecule has 0 aromatic heterocycles. The Morgan fingerprint density at radius 1 is 1.30 bits per heavy atom. The van der Waals surface area contributed by atoms with Gasteiger partial charge in [-0.2, -0.15) is 0 Å². The summed E-state index contributed by atoms with van der Waals surface area (Å²) in [6, 6.07) is 5.51. The lowest BCUT2D eigenvalue weighted by Crippen LogP contribution is -2.43. The van der Waals surface area contributed by atoms with Gasteiger partial charge in [-0.15, -0.1) is 0 Å². The molecular formula is C22H34ClN3O4. The maximum atomic E-state index is 12.2. The van der Waals surface area contributed by atoms with Crippen LogP contribution in [0.2, 0.25) is 5.02 Å². The third kappa shape index (κ3) is 7.78. The number of carbonyl (C=O) groups excluding carboxylic acids is 2. The zero-order chi connectivity index (χ0) is 22.1. The van der Waals surface area contributed by atoms with E-state index in [1.807, 2.05) is 19.0 Å². The van der Waals surface area contributed by atoms with E-state index < -0.39 is 0 Å². The lowest BCUT2D eigenvalue weighted by Gasteiger charge is -2.36. The second-order valence-electron chi connectivity index (χ2n) is 8.02. The van der Waals surface area contributed by atoms with Gasteiger partial charge in [0.25, 0.3) is 5.91 Å². The molecule has 168 valence electrons. The van der Waals surface area contributed by atoms with Crippen LogP contribution in [0.3, 0.4) is 0 Å². The molecule has 7 nitrogen and oxygen atoms in total. The second kappa shape index (κ2) is 12.1. The molecule has 1 aliphatic heterocycles. The van der Waals surface area contributed by atoms with Crippen LogP contribution in [-0.4, -0.2) is 81.2 Å². The molecule has 1 fully saturated rings. The van der Waals surface area contributed by atoms with Gasteiger partial charge >= 0.3 is 5.97 Å².